The lowest BCUT2D eigenvalue weighted by Crippen LogP contribution is -2.07. The van der Waals surface area contributed by atoms with Crippen molar-refractivity contribution in [1.29, 1.82) is 0 Å². The number of aromatic amines is 1. The van der Waals surface area contributed by atoms with E-state index < -0.39 is 5.82 Å². The number of fused-ring (bicyclic) bond motifs is 1. The minimum atomic E-state index is -0.516. The second kappa shape index (κ2) is 6.21. The molecular formula is C18H16F2N6. The van der Waals surface area contributed by atoms with Gasteiger partial charge in [-0.25, -0.2) is 18.7 Å². The zero-order valence-corrected chi connectivity index (χ0v) is 14.2. The third-order valence-electron chi connectivity index (χ3n) is 4.22. The van der Waals surface area contributed by atoms with Gasteiger partial charge in [0.25, 0.3) is 0 Å². The van der Waals surface area contributed by atoms with E-state index in [1.807, 2.05) is 18.4 Å². The molecule has 132 valence electrons. The normalized spacial score (nSPS) is 12.5. The van der Waals surface area contributed by atoms with E-state index in [1.165, 1.54) is 18.2 Å². The minimum Gasteiger partial charge on any atom is -0.321 e. The smallest absolute Gasteiger partial charge is 0.170 e. The molecule has 0 aliphatic rings. The molecule has 0 bridgehead atoms. The quantitative estimate of drug-likeness (QED) is 0.579. The Morgan fingerprint density at radius 1 is 1.15 bits per heavy atom. The van der Waals surface area contributed by atoms with Crippen LogP contribution in [0.1, 0.15) is 24.2 Å². The summed E-state index contributed by atoms with van der Waals surface area (Å²) in [6.07, 6.45) is 1.60. The number of halogens is 2. The van der Waals surface area contributed by atoms with E-state index in [4.69, 9.17) is 0 Å². The molecule has 0 radical (unpaired) electrons. The topological polar surface area (TPSA) is 71.4 Å². The van der Waals surface area contributed by atoms with Gasteiger partial charge in [-0.05, 0) is 31.5 Å². The summed E-state index contributed by atoms with van der Waals surface area (Å²) < 4.78 is 29.3. The van der Waals surface area contributed by atoms with E-state index in [0.717, 1.165) is 11.3 Å². The van der Waals surface area contributed by atoms with E-state index in [-0.39, 0.29) is 17.7 Å². The minimum absolute atomic E-state index is 0.0667. The SMILES string of the molecule is Cc1cc(Nc2nc3c(cc2F)ncn3C(C)c2ccc(F)cc2)n[nH]1. The Labute approximate surface area is 147 Å². The highest BCUT2D eigenvalue weighted by Crippen LogP contribution is 2.26. The molecule has 26 heavy (non-hydrogen) atoms. The lowest BCUT2D eigenvalue weighted by Gasteiger charge is -2.15. The van der Waals surface area contributed by atoms with Crippen LogP contribution in [0, 0.1) is 18.6 Å². The maximum Gasteiger partial charge on any atom is 0.170 e. The number of H-pyrrole nitrogens is 1. The molecular weight excluding hydrogens is 338 g/mol. The molecule has 6 nitrogen and oxygen atoms in total. The van der Waals surface area contributed by atoms with Crippen LogP contribution < -0.4 is 5.32 Å². The number of pyridine rings is 1. The van der Waals surface area contributed by atoms with E-state index in [9.17, 15) is 8.78 Å². The van der Waals surface area contributed by atoms with Gasteiger partial charge < -0.3 is 9.88 Å². The average molecular weight is 354 g/mol. The molecule has 0 aliphatic carbocycles. The molecule has 8 heteroatoms. The molecule has 3 heterocycles. The molecule has 0 saturated carbocycles. The highest BCUT2D eigenvalue weighted by molar-refractivity contribution is 5.74. The van der Waals surface area contributed by atoms with Crippen LogP contribution >= 0.6 is 0 Å². The van der Waals surface area contributed by atoms with E-state index in [1.54, 1.807) is 24.5 Å². The third kappa shape index (κ3) is 2.90. The Morgan fingerprint density at radius 3 is 2.62 bits per heavy atom. The van der Waals surface area contributed by atoms with Crippen LogP contribution in [-0.4, -0.2) is 24.7 Å². The van der Waals surface area contributed by atoms with Crippen LogP contribution in [0.4, 0.5) is 20.4 Å². The summed E-state index contributed by atoms with van der Waals surface area (Å²) >= 11 is 0. The van der Waals surface area contributed by atoms with Crippen molar-refractivity contribution in [2.24, 2.45) is 0 Å². The lowest BCUT2D eigenvalue weighted by molar-refractivity contribution is 0.617. The molecule has 0 saturated heterocycles. The molecule has 0 aliphatic heterocycles. The van der Waals surface area contributed by atoms with E-state index in [2.05, 4.69) is 25.5 Å². The summed E-state index contributed by atoms with van der Waals surface area (Å²) in [4.78, 5) is 8.62. The van der Waals surface area contributed by atoms with Crippen LogP contribution in [0.3, 0.4) is 0 Å². The fourth-order valence-corrected chi connectivity index (χ4v) is 2.81. The van der Waals surface area contributed by atoms with Crippen molar-refractivity contribution in [3.05, 3.63) is 65.6 Å². The Kier molecular flexibility index (Phi) is 3.87. The standard InChI is InChI=1S/C18H16F2N6/c1-10-7-16(25-24-10)22-17-14(20)8-15-18(23-17)26(9-21-15)11(2)12-3-5-13(19)6-4-12/h3-9,11H,1-2H3,(H2,22,23,24,25). The number of anilines is 2. The monoisotopic (exact) mass is 354 g/mol. The van der Waals surface area contributed by atoms with Crippen molar-refractivity contribution < 1.29 is 8.78 Å². The van der Waals surface area contributed by atoms with Gasteiger partial charge in [0.15, 0.2) is 23.1 Å². The number of aryl methyl sites for hydroxylation is 1. The summed E-state index contributed by atoms with van der Waals surface area (Å²) in [7, 11) is 0. The second-order valence-corrected chi connectivity index (χ2v) is 6.10. The van der Waals surface area contributed by atoms with Gasteiger partial charge in [-0.2, -0.15) is 5.10 Å². The number of imidazole rings is 1. The van der Waals surface area contributed by atoms with Gasteiger partial charge in [-0.1, -0.05) is 12.1 Å². The Bertz CT molecular complexity index is 1070. The predicted octanol–water partition coefficient (Wildman–Crippen LogP) is 4.09. The van der Waals surface area contributed by atoms with E-state index in [0.29, 0.717) is 17.0 Å². The molecule has 0 fully saturated rings. The van der Waals surface area contributed by atoms with Crippen molar-refractivity contribution in [1.82, 2.24) is 24.7 Å². The first-order valence-corrected chi connectivity index (χ1v) is 8.09. The zero-order chi connectivity index (χ0) is 18.3. The molecule has 2 N–H and O–H groups in total. The number of nitrogens with one attached hydrogen (secondary N) is 2. The number of hydrogen-bond donors (Lipinski definition) is 2. The van der Waals surface area contributed by atoms with Crippen molar-refractivity contribution in [2.45, 2.75) is 19.9 Å². The van der Waals surface area contributed by atoms with Gasteiger partial charge in [0.1, 0.15) is 11.3 Å². The number of aromatic nitrogens is 5. The molecule has 1 aromatic carbocycles. The largest absolute Gasteiger partial charge is 0.321 e. The average Bonchev–Trinajstić information content (AvgIpc) is 3.21. The molecule has 4 aromatic rings. The van der Waals surface area contributed by atoms with Gasteiger partial charge in [0, 0.05) is 17.8 Å². The summed E-state index contributed by atoms with van der Waals surface area (Å²) in [5, 5.41) is 9.69. The molecule has 0 amide bonds. The first-order chi connectivity index (χ1) is 12.5. The van der Waals surface area contributed by atoms with Crippen molar-refractivity contribution in [3.63, 3.8) is 0 Å². The van der Waals surface area contributed by atoms with Gasteiger partial charge >= 0.3 is 0 Å². The van der Waals surface area contributed by atoms with Gasteiger partial charge in [-0.3, -0.25) is 5.10 Å². The fraction of sp³-hybridized carbons (Fsp3) is 0.167. The Balaban J connectivity index is 1.74. The Hall–Kier alpha value is -3.29. The van der Waals surface area contributed by atoms with Gasteiger partial charge in [-0.15, -0.1) is 0 Å². The third-order valence-corrected chi connectivity index (χ3v) is 4.22. The van der Waals surface area contributed by atoms with Crippen molar-refractivity contribution in [3.8, 4) is 0 Å². The van der Waals surface area contributed by atoms with Gasteiger partial charge in [0.2, 0.25) is 0 Å². The van der Waals surface area contributed by atoms with Crippen LogP contribution in [0.25, 0.3) is 11.2 Å². The molecule has 4 rings (SSSR count). The second-order valence-electron chi connectivity index (χ2n) is 6.10. The predicted molar refractivity (Wildman–Crippen MR) is 94.3 cm³/mol. The first kappa shape index (κ1) is 16.2. The van der Waals surface area contributed by atoms with Crippen LogP contribution in [0.5, 0.6) is 0 Å². The molecule has 1 atom stereocenters. The Morgan fingerprint density at radius 2 is 1.92 bits per heavy atom. The fourth-order valence-electron chi connectivity index (χ4n) is 2.81. The molecule has 1 unspecified atom stereocenters. The summed E-state index contributed by atoms with van der Waals surface area (Å²) in [6.45, 7) is 3.80. The van der Waals surface area contributed by atoms with E-state index >= 15 is 0 Å². The number of hydrogen-bond acceptors (Lipinski definition) is 4. The van der Waals surface area contributed by atoms with Crippen LogP contribution in [-0.2, 0) is 0 Å². The highest BCUT2D eigenvalue weighted by Gasteiger charge is 2.16. The summed E-state index contributed by atoms with van der Waals surface area (Å²) in [5.74, 6) is -0.266. The lowest BCUT2D eigenvalue weighted by atomic mass is 10.1. The number of nitrogens with zero attached hydrogens (tertiary/aromatic N) is 4. The van der Waals surface area contributed by atoms with Crippen molar-refractivity contribution in [2.75, 3.05) is 5.32 Å². The maximum atomic E-state index is 14.3. The summed E-state index contributed by atoms with van der Waals surface area (Å²) in [5.41, 5.74) is 2.72. The summed E-state index contributed by atoms with van der Waals surface area (Å²) in [6, 6.07) is 9.18. The number of benzene rings is 1. The molecule has 3 aromatic heterocycles. The zero-order valence-electron chi connectivity index (χ0n) is 14.2. The van der Waals surface area contributed by atoms with Crippen LogP contribution in [0.15, 0.2) is 42.7 Å². The van der Waals surface area contributed by atoms with Crippen molar-refractivity contribution >= 4 is 22.8 Å². The first-order valence-electron chi connectivity index (χ1n) is 8.09. The van der Waals surface area contributed by atoms with Crippen LogP contribution in [0.2, 0.25) is 0 Å². The maximum absolute atomic E-state index is 14.3. The van der Waals surface area contributed by atoms with Gasteiger partial charge in [0.05, 0.1) is 12.4 Å². The number of rotatable bonds is 4. The molecule has 0 spiro atoms. The highest BCUT2D eigenvalue weighted by atomic mass is 19.1.